The Bertz CT molecular complexity index is 842. The second kappa shape index (κ2) is 7.81. The minimum atomic E-state index is -0.292. The molecule has 1 spiro atoms. The molecule has 1 amide bonds. The second-order valence-corrected chi connectivity index (χ2v) is 8.40. The largest absolute Gasteiger partial charge is 0.344 e. The van der Waals surface area contributed by atoms with Crippen LogP contribution in [0.4, 0.5) is 9.18 Å². The predicted octanol–water partition coefficient (Wildman–Crippen LogP) is 3.09. The first-order valence-electron chi connectivity index (χ1n) is 9.68. The molecule has 0 saturated carbocycles. The average molecular weight is 406 g/mol. The number of halogens is 2. The maximum atomic E-state index is 13.6. The fourth-order valence-corrected chi connectivity index (χ4v) is 4.67. The molecule has 2 aromatic rings. The smallest absolute Gasteiger partial charge is 0.325 e. The number of nitrogens with zero attached hydrogens (tertiary/aromatic N) is 4. The summed E-state index contributed by atoms with van der Waals surface area (Å²) in [4.78, 5) is 16.9. The fraction of sp³-hybridized carbons (Fsp3) is 0.500. The zero-order chi connectivity index (χ0) is 19.7. The highest BCUT2D eigenvalue weighted by molar-refractivity contribution is 6.30. The number of aromatic nitrogens is 2. The number of likely N-dealkylation sites (tertiary alicyclic amines) is 2. The van der Waals surface area contributed by atoms with Crippen LogP contribution in [0.25, 0.3) is 0 Å². The summed E-state index contributed by atoms with van der Waals surface area (Å²) >= 11 is 5.97. The molecule has 0 bridgehead atoms. The topological polar surface area (TPSA) is 67.4 Å². The van der Waals surface area contributed by atoms with Gasteiger partial charge in [-0.15, -0.1) is 0 Å². The van der Waals surface area contributed by atoms with E-state index in [1.807, 2.05) is 11.0 Å². The van der Waals surface area contributed by atoms with Crippen molar-refractivity contribution in [1.82, 2.24) is 19.6 Å². The van der Waals surface area contributed by atoms with Gasteiger partial charge in [-0.05, 0) is 61.1 Å². The van der Waals surface area contributed by atoms with Gasteiger partial charge < -0.3 is 10.6 Å². The maximum absolute atomic E-state index is 13.6. The van der Waals surface area contributed by atoms with E-state index in [-0.39, 0.29) is 17.3 Å². The molecule has 0 radical (unpaired) electrons. The Morgan fingerprint density at radius 3 is 2.64 bits per heavy atom. The Morgan fingerprint density at radius 1 is 1.21 bits per heavy atom. The van der Waals surface area contributed by atoms with Gasteiger partial charge in [-0.2, -0.15) is 9.78 Å². The Labute approximate surface area is 169 Å². The molecule has 2 aliphatic heterocycles. The van der Waals surface area contributed by atoms with Crippen molar-refractivity contribution in [2.75, 3.05) is 26.2 Å². The number of amides is 1. The summed E-state index contributed by atoms with van der Waals surface area (Å²) in [5.41, 5.74) is 7.43. The molecule has 2 aliphatic rings. The lowest BCUT2D eigenvalue weighted by Crippen LogP contribution is -2.45. The molecule has 1 aromatic heterocycles. The molecule has 4 rings (SSSR count). The van der Waals surface area contributed by atoms with E-state index in [2.05, 4.69) is 10.00 Å². The number of rotatable bonds is 3. The van der Waals surface area contributed by atoms with Crippen LogP contribution in [0.3, 0.4) is 0 Å². The first-order chi connectivity index (χ1) is 13.5. The Morgan fingerprint density at radius 2 is 1.96 bits per heavy atom. The molecule has 2 saturated heterocycles. The minimum absolute atomic E-state index is 0.0844. The van der Waals surface area contributed by atoms with Crippen molar-refractivity contribution in [3.05, 3.63) is 52.6 Å². The zero-order valence-corrected chi connectivity index (χ0v) is 16.5. The van der Waals surface area contributed by atoms with E-state index in [9.17, 15) is 9.18 Å². The van der Waals surface area contributed by atoms with Gasteiger partial charge in [0.1, 0.15) is 5.82 Å². The molecule has 2 N–H and O–H groups in total. The van der Waals surface area contributed by atoms with Crippen LogP contribution in [-0.4, -0.2) is 51.8 Å². The zero-order valence-electron chi connectivity index (χ0n) is 15.8. The SMILES string of the molecule is NCc1ccn(C(=O)N2CCC3(CCN(Cc4cc(F)cc(Cl)c4)C3)CC2)n1. The molecule has 0 aliphatic carbocycles. The summed E-state index contributed by atoms with van der Waals surface area (Å²) in [6, 6.07) is 6.41. The third-order valence-corrected chi connectivity index (χ3v) is 6.21. The third kappa shape index (κ3) is 4.06. The van der Waals surface area contributed by atoms with Gasteiger partial charge in [-0.3, -0.25) is 4.90 Å². The highest BCUT2D eigenvalue weighted by Crippen LogP contribution is 2.41. The summed E-state index contributed by atoms with van der Waals surface area (Å²) in [5.74, 6) is -0.292. The van der Waals surface area contributed by atoms with Crippen LogP contribution in [0.15, 0.2) is 30.5 Å². The van der Waals surface area contributed by atoms with Crippen molar-refractivity contribution in [2.45, 2.75) is 32.4 Å². The lowest BCUT2D eigenvalue weighted by atomic mass is 9.78. The first-order valence-corrected chi connectivity index (χ1v) is 10.1. The van der Waals surface area contributed by atoms with Crippen molar-refractivity contribution in [1.29, 1.82) is 0 Å². The molecule has 1 aromatic carbocycles. The highest BCUT2D eigenvalue weighted by Gasteiger charge is 2.41. The number of benzene rings is 1. The monoisotopic (exact) mass is 405 g/mol. The van der Waals surface area contributed by atoms with Crippen LogP contribution in [0.1, 0.15) is 30.5 Å². The number of hydrogen-bond donors (Lipinski definition) is 1. The fourth-order valence-electron chi connectivity index (χ4n) is 4.43. The molecular weight excluding hydrogens is 381 g/mol. The Balaban J connectivity index is 1.33. The van der Waals surface area contributed by atoms with Gasteiger partial charge in [-0.25, -0.2) is 9.18 Å². The molecular formula is C20H25ClFN5O. The molecule has 6 nitrogen and oxygen atoms in total. The summed E-state index contributed by atoms with van der Waals surface area (Å²) in [5, 5.41) is 4.65. The molecule has 0 atom stereocenters. The van der Waals surface area contributed by atoms with E-state index in [1.54, 1.807) is 18.3 Å². The van der Waals surface area contributed by atoms with E-state index >= 15 is 0 Å². The third-order valence-electron chi connectivity index (χ3n) is 5.99. The molecule has 0 unspecified atom stereocenters. The van der Waals surface area contributed by atoms with Gasteiger partial charge in [-0.1, -0.05) is 11.6 Å². The van der Waals surface area contributed by atoms with Gasteiger partial charge in [0.25, 0.3) is 0 Å². The van der Waals surface area contributed by atoms with Crippen LogP contribution in [0, 0.1) is 11.2 Å². The number of hydrogen-bond acceptors (Lipinski definition) is 4. The van der Waals surface area contributed by atoms with E-state index in [0.29, 0.717) is 23.8 Å². The summed E-state index contributed by atoms with van der Waals surface area (Å²) in [6.07, 6.45) is 4.74. The number of nitrogens with two attached hydrogens (primary N) is 1. The number of piperidine rings is 1. The highest BCUT2D eigenvalue weighted by atomic mass is 35.5. The predicted molar refractivity (Wildman–Crippen MR) is 105 cm³/mol. The van der Waals surface area contributed by atoms with Crippen LogP contribution in [0.2, 0.25) is 5.02 Å². The lowest BCUT2D eigenvalue weighted by Gasteiger charge is -2.39. The van der Waals surface area contributed by atoms with Crippen LogP contribution >= 0.6 is 11.6 Å². The number of carbonyl (C=O) groups is 1. The van der Waals surface area contributed by atoms with Crippen molar-refractivity contribution in [2.24, 2.45) is 11.1 Å². The van der Waals surface area contributed by atoms with E-state index in [1.165, 1.54) is 10.7 Å². The summed E-state index contributed by atoms with van der Waals surface area (Å²) in [6.45, 7) is 4.46. The minimum Gasteiger partial charge on any atom is -0.325 e. The van der Waals surface area contributed by atoms with E-state index in [0.717, 1.165) is 51.0 Å². The van der Waals surface area contributed by atoms with Crippen molar-refractivity contribution in [3.8, 4) is 0 Å². The van der Waals surface area contributed by atoms with Crippen LogP contribution in [-0.2, 0) is 13.1 Å². The van der Waals surface area contributed by atoms with Gasteiger partial charge in [0.05, 0.1) is 5.69 Å². The first kappa shape index (κ1) is 19.4. The molecule has 3 heterocycles. The summed E-state index contributed by atoms with van der Waals surface area (Å²) in [7, 11) is 0. The molecule has 150 valence electrons. The molecule has 28 heavy (non-hydrogen) atoms. The van der Waals surface area contributed by atoms with E-state index in [4.69, 9.17) is 17.3 Å². The van der Waals surface area contributed by atoms with Crippen LogP contribution in [0.5, 0.6) is 0 Å². The van der Waals surface area contributed by atoms with Crippen LogP contribution < -0.4 is 5.73 Å². The standard InChI is InChI=1S/C20H25ClFN5O/c21-16-9-15(10-17(22)11-16)13-25-6-2-20(14-25)3-7-26(8-4-20)19(28)27-5-1-18(12-23)24-27/h1,5,9-11H,2-4,6-8,12-14,23H2. The van der Waals surface area contributed by atoms with Crippen molar-refractivity contribution >= 4 is 17.6 Å². The normalized spacial score (nSPS) is 19.5. The van der Waals surface area contributed by atoms with Gasteiger partial charge in [0.15, 0.2) is 0 Å². The molecule has 8 heteroatoms. The Hall–Kier alpha value is -1.96. The summed E-state index contributed by atoms with van der Waals surface area (Å²) < 4.78 is 15.0. The van der Waals surface area contributed by atoms with Gasteiger partial charge in [0.2, 0.25) is 0 Å². The van der Waals surface area contributed by atoms with Crippen molar-refractivity contribution in [3.63, 3.8) is 0 Å². The van der Waals surface area contributed by atoms with E-state index < -0.39 is 0 Å². The quantitative estimate of drug-likeness (QED) is 0.852. The van der Waals surface area contributed by atoms with Gasteiger partial charge in [0, 0.05) is 43.9 Å². The number of carbonyl (C=O) groups excluding carboxylic acids is 1. The maximum Gasteiger partial charge on any atom is 0.344 e. The Kier molecular flexibility index (Phi) is 5.40. The van der Waals surface area contributed by atoms with Crippen molar-refractivity contribution < 1.29 is 9.18 Å². The average Bonchev–Trinajstić information content (AvgIpc) is 3.29. The second-order valence-electron chi connectivity index (χ2n) is 7.96. The molecule has 2 fully saturated rings. The lowest BCUT2D eigenvalue weighted by molar-refractivity contribution is 0.118. The van der Waals surface area contributed by atoms with Gasteiger partial charge >= 0.3 is 6.03 Å².